The average molecular weight is 873 g/mol. The van der Waals surface area contributed by atoms with Crippen molar-refractivity contribution in [1.29, 1.82) is 0 Å². The van der Waals surface area contributed by atoms with Crippen molar-refractivity contribution in [1.82, 2.24) is 9.97 Å². The Bertz CT molecular complexity index is 2510. The van der Waals surface area contributed by atoms with E-state index in [9.17, 15) is 0 Å². The van der Waals surface area contributed by atoms with Crippen molar-refractivity contribution in [3.8, 4) is 33.6 Å². The van der Waals surface area contributed by atoms with Gasteiger partial charge in [0.1, 0.15) is 5.58 Å². The summed E-state index contributed by atoms with van der Waals surface area (Å²) in [6.45, 7) is 18.2. The molecule has 52 heavy (non-hydrogen) atoms. The van der Waals surface area contributed by atoms with Gasteiger partial charge in [0.05, 0.1) is 13.7 Å². The monoisotopic (exact) mass is 873 g/mol. The van der Waals surface area contributed by atoms with E-state index in [0.29, 0.717) is 5.92 Å². The Labute approximate surface area is 322 Å². The molecule has 263 valence electrons. The van der Waals surface area contributed by atoms with E-state index in [4.69, 9.17) is 9.40 Å². The zero-order valence-corrected chi connectivity index (χ0v) is 34.6. The maximum atomic E-state index is 6.44. The van der Waals surface area contributed by atoms with Gasteiger partial charge in [0.15, 0.2) is 0 Å². The summed E-state index contributed by atoms with van der Waals surface area (Å²) in [5, 5.41) is 5.96. The summed E-state index contributed by atoms with van der Waals surface area (Å²) in [6.07, 6.45) is 4.01. The molecule has 0 aliphatic carbocycles. The quantitative estimate of drug-likeness (QED) is 0.128. The number of benzene rings is 5. The molecule has 5 heteroatoms. The van der Waals surface area contributed by atoms with Gasteiger partial charge in [-0.1, -0.05) is 116 Å². The molecular formula is C47H44IrN2OSi-2. The van der Waals surface area contributed by atoms with E-state index >= 15 is 0 Å². The molecule has 0 atom stereocenters. The molecule has 3 nitrogen and oxygen atoms in total. The third-order valence-corrected chi connectivity index (χ3v) is 11.7. The third kappa shape index (κ3) is 7.45. The van der Waals surface area contributed by atoms with Crippen molar-refractivity contribution in [2.24, 2.45) is 0 Å². The van der Waals surface area contributed by atoms with E-state index in [-0.39, 0.29) is 20.1 Å². The maximum absolute atomic E-state index is 6.44. The second kappa shape index (κ2) is 15.1. The Morgan fingerprint density at radius 3 is 2.08 bits per heavy atom. The molecule has 3 aromatic heterocycles. The predicted octanol–water partition coefficient (Wildman–Crippen LogP) is 12.4. The minimum Gasteiger partial charge on any atom is -0.501 e. The van der Waals surface area contributed by atoms with E-state index in [2.05, 4.69) is 144 Å². The van der Waals surface area contributed by atoms with Gasteiger partial charge in [-0.15, -0.1) is 54.1 Å². The van der Waals surface area contributed by atoms with Crippen molar-refractivity contribution < 1.29 is 24.5 Å². The molecule has 0 saturated heterocycles. The number of nitrogens with zero attached hydrogens (tertiary/aromatic N) is 2. The predicted molar refractivity (Wildman–Crippen MR) is 219 cm³/mol. The van der Waals surface area contributed by atoms with Crippen LogP contribution in [0.25, 0.3) is 66.4 Å². The van der Waals surface area contributed by atoms with Gasteiger partial charge in [0.2, 0.25) is 0 Å². The molecule has 1 radical (unpaired) electrons. The number of hydrogen-bond acceptors (Lipinski definition) is 3. The first-order valence-corrected chi connectivity index (χ1v) is 21.3. The van der Waals surface area contributed by atoms with Crippen molar-refractivity contribution in [3.63, 3.8) is 0 Å². The number of furan rings is 1. The largest absolute Gasteiger partial charge is 0.501 e. The van der Waals surface area contributed by atoms with Crippen LogP contribution in [0.15, 0.2) is 120 Å². The smallest absolute Gasteiger partial charge is 0.121 e. The second-order valence-electron chi connectivity index (χ2n) is 14.9. The Morgan fingerprint density at radius 2 is 1.38 bits per heavy atom. The zero-order valence-electron chi connectivity index (χ0n) is 31.2. The molecule has 0 amide bonds. The van der Waals surface area contributed by atoms with Gasteiger partial charge in [0, 0.05) is 37.9 Å². The summed E-state index contributed by atoms with van der Waals surface area (Å²) in [7, 11) is -1.34. The molecule has 3 heterocycles. The topological polar surface area (TPSA) is 38.9 Å². The van der Waals surface area contributed by atoms with Crippen molar-refractivity contribution in [2.75, 3.05) is 0 Å². The molecule has 5 aromatic carbocycles. The molecule has 0 fully saturated rings. The number of aromatic nitrogens is 2. The van der Waals surface area contributed by atoms with Gasteiger partial charge < -0.3 is 14.4 Å². The summed E-state index contributed by atoms with van der Waals surface area (Å²) in [5.74, 6) is 0.534. The summed E-state index contributed by atoms with van der Waals surface area (Å²) in [4.78, 5) is 9.36. The van der Waals surface area contributed by atoms with Gasteiger partial charge in [-0.25, -0.2) is 0 Å². The Hall–Kier alpha value is -4.67. The molecule has 8 aromatic rings. The molecule has 0 spiro atoms. The normalized spacial score (nSPS) is 11.5. The van der Waals surface area contributed by atoms with E-state index < -0.39 is 8.07 Å². The SMILES string of the molecule is CC(C)c1cc(-c2[c-]cccc2)ncc1[Si](C)(C)C.Cc1cc(C)c(-c2ccc3c(c2)oc2c(-c4cc5ccccc5cn4)[c-]ccc23)c(C)c1.[Ir]. The molecule has 0 bridgehead atoms. The minimum absolute atomic E-state index is 0. The van der Waals surface area contributed by atoms with Gasteiger partial charge in [-0.05, 0) is 82.4 Å². The molecule has 0 saturated carbocycles. The number of aryl methyl sites for hydroxylation is 3. The zero-order chi connectivity index (χ0) is 35.9. The fourth-order valence-electron chi connectivity index (χ4n) is 7.22. The van der Waals surface area contributed by atoms with E-state index in [1.165, 1.54) is 38.6 Å². The summed E-state index contributed by atoms with van der Waals surface area (Å²) < 4.78 is 6.44. The summed E-state index contributed by atoms with van der Waals surface area (Å²) in [6, 6.07) is 42.4. The number of rotatable bonds is 5. The summed E-state index contributed by atoms with van der Waals surface area (Å²) >= 11 is 0. The van der Waals surface area contributed by atoms with Crippen LogP contribution >= 0.6 is 0 Å². The molecular weight excluding hydrogens is 829 g/mol. The van der Waals surface area contributed by atoms with Crippen molar-refractivity contribution in [3.05, 3.63) is 150 Å². The van der Waals surface area contributed by atoms with Crippen molar-refractivity contribution >= 4 is 46.0 Å². The first kappa shape index (κ1) is 37.1. The first-order valence-electron chi connectivity index (χ1n) is 17.8. The van der Waals surface area contributed by atoms with Gasteiger partial charge in [-0.3, -0.25) is 0 Å². The van der Waals surface area contributed by atoms with Gasteiger partial charge in [-0.2, -0.15) is 0 Å². The van der Waals surface area contributed by atoms with E-state index in [0.717, 1.165) is 55.2 Å². The molecule has 0 N–H and O–H groups in total. The average Bonchev–Trinajstić information content (AvgIpc) is 3.49. The number of hydrogen-bond donors (Lipinski definition) is 0. The van der Waals surface area contributed by atoms with Crippen LogP contribution in [0, 0.1) is 32.9 Å². The summed E-state index contributed by atoms with van der Waals surface area (Å²) in [5.41, 5.74) is 13.4. The standard InChI is InChI=1S/C30H22NO.C17H22NSi.Ir/c1-18-13-19(2)29(20(3)14-18)22-11-12-24-25-9-6-10-26(30(25)32-28(24)16-22)27-15-21-7-4-5-8-23(21)17-31-27;1-13(2)15-11-16(14-9-7-6-8-10-14)18-12-17(15)19(3,4)5;/h4-9,11-17H,1-3H3;6-9,11-13H,1-5H3;/q2*-1;. The van der Waals surface area contributed by atoms with Crippen LogP contribution < -0.4 is 5.19 Å². The van der Waals surface area contributed by atoms with Crippen molar-refractivity contribution in [2.45, 2.75) is 60.2 Å². The van der Waals surface area contributed by atoms with Crippen LogP contribution in [-0.4, -0.2) is 18.0 Å². The van der Waals surface area contributed by atoms with Gasteiger partial charge >= 0.3 is 0 Å². The molecule has 0 aliphatic heterocycles. The van der Waals surface area contributed by atoms with Crippen LogP contribution in [0.5, 0.6) is 0 Å². The Morgan fingerprint density at radius 1 is 0.673 bits per heavy atom. The third-order valence-electron chi connectivity index (χ3n) is 9.64. The van der Waals surface area contributed by atoms with Crippen LogP contribution in [0.2, 0.25) is 19.6 Å². The number of fused-ring (bicyclic) bond motifs is 4. The van der Waals surface area contributed by atoms with E-state index in [1.54, 1.807) is 0 Å². The fourth-order valence-corrected chi connectivity index (χ4v) is 8.90. The van der Waals surface area contributed by atoms with Crippen LogP contribution in [0.3, 0.4) is 0 Å². The van der Waals surface area contributed by atoms with Crippen LogP contribution in [0.4, 0.5) is 0 Å². The molecule has 0 aliphatic rings. The number of pyridine rings is 2. The minimum atomic E-state index is -1.34. The first-order chi connectivity index (χ1) is 24.5. The Kier molecular flexibility index (Phi) is 10.8. The molecule has 8 rings (SSSR count). The van der Waals surface area contributed by atoms with Crippen LogP contribution in [-0.2, 0) is 20.1 Å². The van der Waals surface area contributed by atoms with E-state index in [1.807, 2.05) is 42.6 Å². The van der Waals surface area contributed by atoms with Crippen LogP contribution in [0.1, 0.15) is 42.0 Å². The fraction of sp³-hybridized carbons (Fsp3) is 0.191. The maximum Gasteiger partial charge on any atom is 0.121 e. The second-order valence-corrected chi connectivity index (χ2v) is 20.0. The van der Waals surface area contributed by atoms with Gasteiger partial charge in [0.25, 0.3) is 0 Å². The Balaban J connectivity index is 0.000000200. The molecule has 0 unspecified atom stereocenters.